The maximum atomic E-state index is 13.3. The second kappa shape index (κ2) is 5.54. The van der Waals surface area contributed by atoms with E-state index in [0.29, 0.717) is 11.5 Å². The van der Waals surface area contributed by atoms with Gasteiger partial charge in [0.2, 0.25) is 5.28 Å². The Morgan fingerprint density at radius 3 is 2.71 bits per heavy atom. The molecule has 1 N–H and O–H groups in total. The number of benzene rings is 1. The second-order valence-corrected chi connectivity index (χ2v) is 5.83. The van der Waals surface area contributed by atoms with E-state index >= 15 is 0 Å². The van der Waals surface area contributed by atoms with E-state index in [1.54, 1.807) is 0 Å². The third kappa shape index (κ3) is 2.82. The number of nitrogens with one attached hydrogen (secondary N) is 1. The van der Waals surface area contributed by atoms with Crippen LogP contribution in [0.25, 0.3) is 10.2 Å². The van der Waals surface area contributed by atoms with E-state index < -0.39 is 11.6 Å². The molecule has 0 radical (unpaired) electrons. The number of aromatic nitrogens is 2. The molecule has 21 heavy (non-hydrogen) atoms. The van der Waals surface area contributed by atoms with Crippen molar-refractivity contribution in [2.24, 2.45) is 0 Å². The second-order valence-electron chi connectivity index (χ2n) is 4.38. The van der Waals surface area contributed by atoms with Crippen LogP contribution in [-0.4, -0.2) is 9.97 Å². The van der Waals surface area contributed by atoms with Gasteiger partial charge in [-0.3, -0.25) is 0 Å². The third-order valence-corrected chi connectivity index (χ3v) is 4.29. The Balaban J connectivity index is 2.06. The molecule has 0 aliphatic heterocycles. The van der Waals surface area contributed by atoms with Gasteiger partial charge in [0.1, 0.15) is 10.6 Å². The van der Waals surface area contributed by atoms with Crippen LogP contribution in [0.15, 0.2) is 24.3 Å². The number of aryl methyl sites for hydroxylation is 1. The largest absolute Gasteiger partial charge is 0.339 e. The summed E-state index contributed by atoms with van der Waals surface area (Å²) >= 11 is 7.44. The minimum atomic E-state index is -0.920. The Bertz CT molecular complexity index is 819. The zero-order valence-electron chi connectivity index (χ0n) is 11.0. The zero-order valence-corrected chi connectivity index (χ0v) is 12.5. The van der Waals surface area contributed by atoms with Gasteiger partial charge in [-0.15, -0.1) is 11.3 Å². The van der Waals surface area contributed by atoms with E-state index in [0.717, 1.165) is 33.6 Å². The normalized spacial score (nSPS) is 11.0. The van der Waals surface area contributed by atoms with Crippen LogP contribution in [0.2, 0.25) is 5.28 Å². The molecule has 3 aromatic rings. The van der Waals surface area contributed by atoms with Crippen LogP contribution in [0.3, 0.4) is 0 Å². The summed E-state index contributed by atoms with van der Waals surface area (Å²) in [5, 5.41) is 3.88. The lowest BCUT2D eigenvalue weighted by Gasteiger charge is -2.07. The molecule has 2 heterocycles. The number of fused-ring (bicyclic) bond motifs is 1. The summed E-state index contributed by atoms with van der Waals surface area (Å²) in [4.78, 5) is 10.2. The molecule has 2 aromatic heterocycles. The van der Waals surface area contributed by atoms with E-state index in [-0.39, 0.29) is 5.28 Å². The summed E-state index contributed by atoms with van der Waals surface area (Å²) in [6, 6.07) is 5.54. The van der Waals surface area contributed by atoms with Crippen molar-refractivity contribution >= 4 is 44.7 Å². The highest BCUT2D eigenvalue weighted by atomic mass is 35.5. The first kappa shape index (κ1) is 14.2. The zero-order chi connectivity index (χ0) is 15.0. The van der Waals surface area contributed by atoms with Crippen molar-refractivity contribution in [2.75, 3.05) is 5.32 Å². The average Bonchev–Trinajstić information content (AvgIpc) is 2.86. The molecular formula is C14H10ClF2N3S. The monoisotopic (exact) mass is 325 g/mol. The Morgan fingerprint density at radius 2 is 2.00 bits per heavy atom. The molecule has 3 rings (SSSR count). The Hall–Kier alpha value is -1.79. The van der Waals surface area contributed by atoms with Crippen LogP contribution >= 0.6 is 22.9 Å². The van der Waals surface area contributed by atoms with E-state index in [1.807, 2.05) is 13.0 Å². The Kier molecular flexibility index (Phi) is 3.73. The molecular weight excluding hydrogens is 316 g/mol. The number of halogens is 3. The van der Waals surface area contributed by atoms with Gasteiger partial charge < -0.3 is 5.32 Å². The van der Waals surface area contributed by atoms with Gasteiger partial charge in [0.15, 0.2) is 11.6 Å². The van der Waals surface area contributed by atoms with E-state index in [9.17, 15) is 8.78 Å². The first-order valence-electron chi connectivity index (χ1n) is 6.25. The molecule has 1 aromatic carbocycles. The highest BCUT2D eigenvalue weighted by Gasteiger charge is 2.11. The first-order valence-corrected chi connectivity index (χ1v) is 7.44. The van der Waals surface area contributed by atoms with Gasteiger partial charge in [0.25, 0.3) is 0 Å². The number of nitrogens with zero attached hydrogens (tertiary/aromatic N) is 2. The van der Waals surface area contributed by atoms with Crippen molar-refractivity contribution in [3.05, 3.63) is 46.1 Å². The first-order chi connectivity index (χ1) is 10.1. The quantitative estimate of drug-likeness (QED) is 0.694. The van der Waals surface area contributed by atoms with Crippen molar-refractivity contribution in [1.82, 2.24) is 9.97 Å². The number of thiophene rings is 1. The summed E-state index contributed by atoms with van der Waals surface area (Å²) in [7, 11) is 0. The van der Waals surface area contributed by atoms with Crippen molar-refractivity contribution in [3.8, 4) is 0 Å². The molecule has 3 nitrogen and oxygen atoms in total. The fourth-order valence-electron chi connectivity index (χ4n) is 1.93. The van der Waals surface area contributed by atoms with Crippen molar-refractivity contribution in [1.29, 1.82) is 0 Å². The number of hydrogen-bond donors (Lipinski definition) is 1. The highest BCUT2D eigenvalue weighted by molar-refractivity contribution is 7.18. The van der Waals surface area contributed by atoms with Crippen LogP contribution < -0.4 is 5.32 Å². The van der Waals surface area contributed by atoms with Gasteiger partial charge in [-0.2, -0.15) is 4.98 Å². The molecule has 7 heteroatoms. The molecule has 0 amide bonds. The van der Waals surface area contributed by atoms with Crippen molar-refractivity contribution in [3.63, 3.8) is 0 Å². The van der Waals surface area contributed by atoms with Crippen LogP contribution in [0.1, 0.15) is 11.8 Å². The van der Waals surface area contributed by atoms with E-state index in [1.165, 1.54) is 17.4 Å². The number of hydrogen-bond acceptors (Lipinski definition) is 4. The number of rotatable bonds is 3. The van der Waals surface area contributed by atoms with Gasteiger partial charge >= 0.3 is 0 Å². The molecule has 0 aliphatic rings. The smallest absolute Gasteiger partial charge is 0.225 e. The predicted octanol–water partition coefficient (Wildman–Crippen LogP) is 4.93. The summed E-state index contributed by atoms with van der Waals surface area (Å²) in [5.74, 6) is -1.34. The SMILES string of the molecule is CCc1cc2c(Nc3ccc(F)c(F)c3)nc(Cl)nc2s1. The summed E-state index contributed by atoms with van der Waals surface area (Å²) in [6.45, 7) is 2.04. The molecule has 0 saturated heterocycles. The topological polar surface area (TPSA) is 37.8 Å². The maximum absolute atomic E-state index is 13.3. The van der Waals surface area contributed by atoms with Gasteiger partial charge in [-0.25, -0.2) is 13.8 Å². The van der Waals surface area contributed by atoms with Crippen LogP contribution in [0.4, 0.5) is 20.3 Å². The predicted molar refractivity (Wildman–Crippen MR) is 81.4 cm³/mol. The average molecular weight is 326 g/mol. The molecule has 0 bridgehead atoms. The fourth-order valence-corrected chi connectivity index (χ4v) is 3.11. The van der Waals surface area contributed by atoms with Gasteiger partial charge in [0.05, 0.1) is 5.39 Å². The third-order valence-electron chi connectivity index (χ3n) is 2.95. The standard InChI is InChI=1S/C14H10ClF2N3S/c1-2-8-6-9-12(19-14(15)20-13(9)21-8)18-7-3-4-10(16)11(17)5-7/h3-6H,2H2,1H3,(H,18,19,20). The van der Waals surface area contributed by atoms with Crippen molar-refractivity contribution in [2.45, 2.75) is 13.3 Å². The lowest BCUT2D eigenvalue weighted by atomic mass is 10.2. The molecule has 0 unspecified atom stereocenters. The minimum Gasteiger partial charge on any atom is -0.339 e. The molecule has 0 saturated carbocycles. The van der Waals surface area contributed by atoms with E-state index in [4.69, 9.17) is 11.6 Å². The molecule has 0 atom stereocenters. The molecule has 0 fully saturated rings. The van der Waals surface area contributed by atoms with Gasteiger partial charge in [0, 0.05) is 16.6 Å². The summed E-state index contributed by atoms with van der Waals surface area (Å²) in [5.41, 5.74) is 0.397. The molecule has 0 spiro atoms. The highest BCUT2D eigenvalue weighted by Crippen LogP contribution is 2.32. The Morgan fingerprint density at radius 1 is 1.19 bits per heavy atom. The van der Waals surface area contributed by atoms with Crippen LogP contribution in [0.5, 0.6) is 0 Å². The Labute approximate surface area is 128 Å². The lowest BCUT2D eigenvalue weighted by Crippen LogP contribution is -1.97. The van der Waals surface area contributed by atoms with Crippen molar-refractivity contribution < 1.29 is 8.78 Å². The summed E-state index contributed by atoms with van der Waals surface area (Å²) < 4.78 is 26.2. The van der Waals surface area contributed by atoms with Crippen LogP contribution in [-0.2, 0) is 6.42 Å². The fraction of sp³-hybridized carbons (Fsp3) is 0.143. The maximum Gasteiger partial charge on any atom is 0.225 e. The molecule has 0 aliphatic carbocycles. The van der Waals surface area contributed by atoms with E-state index in [2.05, 4.69) is 15.3 Å². The van der Waals surface area contributed by atoms with Gasteiger partial charge in [-0.05, 0) is 36.2 Å². The molecule has 108 valence electrons. The van der Waals surface area contributed by atoms with Crippen LogP contribution in [0, 0.1) is 11.6 Å². The van der Waals surface area contributed by atoms with Gasteiger partial charge in [-0.1, -0.05) is 6.92 Å². The number of anilines is 2. The lowest BCUT2D eigenvalue weighted by molar-refractivity contribution is 0.509. The minimum absolute atomic E-state index is 0.108. The summed E-state index contributed by atoms with van der Waals surface area (Å²) in [6.07, 6.45) is 0.878.